The molecule has 1 aromatic rings. The molecular formula is C13H19N3O3S. The number of hydrogen-bond acceptors (Lipinski definition) is 5. The Labute approximate surface area is 122 Å². The number of pyridine rings is 1. The van der Waals surface area contributed by atoms with E-state index in [0.717, 1.165) is 0 Å². The molecule has 6 nitrogen and oxygen atoms in total. The minimum atomic E-state index is -1.02. The van der Waals surface area contributed by atoms with Gasteiger partial charge in [0.25, 0.3) is 5.91 Å². The summed E-state index contributed by atoms with van der Waals surface area (Å²) in [6.07, 6.45) is 3.82. The molecular weight excluding hydrogens is 278 g/mol. The molecule has 0 aromatic carbocycles. The van der Waals surface area contributed by atoms with Gasteiger partial charge in [-0.05, 0) is 30.6 Å². The van der Waals surface area contributed by atoms with Crippen molar-refractivity contribution in [2.45, 2.75) is 12.5 Å². The highest BCUT2D eigenvalue weighted by molar-refractivity contribution is 7.98. The van der Waals surface area contributed by atoms with E-state index >= 15 is 0 Å². The second-order valence-electron chi connectivity index (χ2n) is 4.44. The van der Waals surface area contributed by atoms with Crippen LogP contribution in [0.5, 0.6) is 0 Å². The summed E-state index contributed by atoms with van der Waals surface area (Å²) >= 11 is 1.55. The van der Waals surface area contributed by atoms with E-state index in [1.54, 1.807) is 28.8 Å². The molecule has 0 unspecified atom stereocenters. The molecule has 0 radical (unpaired) electrons. The highest BCUT2D eigenvalue weighted by Gasteiger charge is 2.20. The standard InChI is InChI=1S/C13H19N3O3S/c1-16(2)11-8-9(4-6-14-11)12(17)15-10(13(18)19)5-7-20-3/h4,6,8,10H,5,7H2,1-3H3,(H,15,17)(H,18,19)/t10-/m0/s1. The summed E-state index contributed by atoms with van der Waals surface area (Å²) in [5.74, 6) is -0.0942. The van der Waals surface area contributed by atoms with Crippen LogP contribution in [0.15, 0.2) is 18.3 Å². The SMILES string of the molecule is CSCC[C@H](NC(=O)c1ccnc(N(C)C)c1)C(=O)O. The lowest BCUT2D eigenvalue weighted by Gasteiger charge is -2.15. The average Bonchev–Trinajstić information content (AvgIpc) is 2.42. The summed E-state index contributed by atoms with van der Waals surface area (Å²) in [6.45, 7) is 0. The highest BCUT2D eigenvalue weighted by Crippen LogP contribution is 2.10. The molecule has 0 saturated carbocycles. The number of hydrogen-bond donors (Lipinski definition) is 2. The van der Waals surface area contributed by atoms with Gasteiger partial charge in [0.2, 0.25) is 0 Å². The van der Waals surface area contributed by atoms with Crippen LogP contribution in [0.25, 0.3) is 0 Å². The molecule has 1 amide bonds. The lowest BCUT2D eigenvalue weighted by molar-refractivity contribution is -0.139. The zero-order chi connectivity index (χ0) is 15.1. The minimum absolute atomic E-state index is 0.397. The summed E-state index contributed by atoms with van der Waals surface area (Å²) in [7, 11) is 3.64. The number of amides is 1. The molecule has 1 atom stereocenters. The van der Waals surface area contributed by atoms with Crippen molar-refractivity contribution in [3.63, 3.8) is 0 Å². The van der Waals surface area contributed by atoms with Crippen LogP contribution in [0.3, 0.4) is 0 Å². The van der Waals surface area contributed by atoms with Gasteiger partial charge in [-0.15, -0.1) is 0 Å². The fraction of sp³-hybridized carbons (Fsp3) is 0.462. The first-order chi connectivity index (χ1) is 9.45. The summed E-state index contributed by atoms with van der Waals surface area (Å²) in [5, 5.41) is 11.6. The molecule has 0 aliphatic carbocycles. The Bertz CT molecular complexity index is 480. The van der Waals surface area contributed by atoms with E-state index < -0.39 is 17.9 Å². The number of anilines is 1. The minimum Gasteiger partial charge on any atom is -0.480 e. The predicted molar refractivity (Wildman–Crippen MR) is 80.5 cm³/mol. The molecule has 0 saturated heterocycles. The molecule has 7 heteroatoms. The zero-order valence-corrected chi connectivity index (χ0v) is 12.6. The molecule has 1 heterocycles. The Hall–Kier alpha value is -1.76. The number of nitrogens with zero attached hydrogens (tertiary/aromatic N) is 2. The van der Waals surface area contributed by atoms with E-state index in [1.807, 2.05) is 20.4 Å². The number of aromatic nitrogens is 1. The first-order valence-electron chi connectivity index (χ1n) is 6.11. The number of nitrogens with one attached hydrogen (secondary N) is 1. The van der Waals surface area contributed by atoms with E-state index in [0.29, 0.717) is 23.6 Å². The number of carboxylic acids is 1. The third-order valence-electron chi connectivity index (χ3n) is 2.68. The third-order valence-corrected chi connectivity index (χ3v) is 3.32. The van der Waals surface area contributed by atoms with Crippen molar-refractivity contribution in [2.75, 3.05) is 31.0 Å². The van der Waals surface area contributed by atoms with Crippen molar-refractivity contribution >= 4 is 29.5 Å². The van der Waals surface area contributed by atoms with Crippen LogP contribution in [0, 0.1) is 0 Å². The first-order valence-corrected chi connectivity index (χ1v) is 7.51. The number of rotatable bonds is 7. The highest BCUT2D eigenvalue weighted by atomic mass is 32.2. The molecule has 0 aliphatic rings. The average molecular weight is 297 g/mol. The van der Waals surface area contributed by atoms with E-state index in [2.05, 4.69) is 10.3 Å². The van der Waals surface area contributed by atoms with Gasteiger partial charge >= 0.3 is 5.97 Å². The molecule has 2 N–H and O–H groups in total. The Morgan fingerprint density at radius 1 is 1.50 bits per heavy atom. The number of carbonyl (C=O) groups is 2. The van der Waals surface area contributed by atoms with Gasteiger partial charge in [0.05, 0.1) is 0 Å². The van der Waals surface area contributed by atoms with Crippen molar-refractivity contribution in [2.24, 2.45) is 0 Å². The zero-order valence-electron chi connectivity index (χ0n) is 11.8. The topological polar surface area (TPSA) is 82.5 Å². The fourth-order valence-corrected chi connectivity index (χ4v) is 2.01. The maximum absolute atomic E-state index is 12.1. The van der Waals surface area contributed by atoms with Gasteiger partial charge in [0.1, 0.15) is 11.9 Å². The lowest BCUT2D eigenvalue weighted by Crippen LogP contribution is -2.41. The summed E-state index contributed by atoms with van der Waals surface area (Å²) in [4.78, 5) is 29.1. The van der Waals surface area contributed by atoms with E-state index in [-0.39, 0.29) is 0 Å². The van der Waals surface area contributed by atoms with Crippen LogP contribution in [-0.2, 0) is 4.79 Å². The van der Waals surface area contributed by atoms with Gasteiger partial charge in [-0.2, -0.15) is 11.8 Å². The molecule has 0 bridgehead atoms. The second kappa shape index (κ2) is 7.74. The Morgan fingerprint density at radius 3 is 2.75 bits per heavy atom. The third kappa shape index (κ3) is 4.73. The maximum atomic E-state index is 12.1. The second-order valence-corrected chi connectivity index (χ2v) is 5.43. The van der Waals surface area contributed by atoms with Crippen molar-refractivity contribution in [3.05, 3.63) is 23.9 Å². The summed E-state index contributed by atoms with van der Waals surface area (Å²) in [6, 6.07) is 2.32. The number of carboxylic acid groups (broad SMARTS) is 1. The Kier molecular flexibility index (Phi) is 6.30. The van der Waals surface area contributed by atoms with Crippen molar-refractivity contribution in [3.8, 4) is 0 Å². The van der Waals surface area contributed by atoms with Crippen LogP contribution in [0.4, 0.5) is 5.82 Å². The Balaban J connectivity index is 2.78. The van der Waals surface area contributed by atoms with E-state index in [9.17, 15) is 9.59 Å². The molecule has 1 aromatic heterocycles. The van der Waals surface area contributed by atoms with Crippen LogP contribution < -0.4 is 10.2 Å². The monoisotopic (exact) mass is 297 g/mol. The number of aliphatic carboxylic acids is 1. The van der Waals surface area contributed by atoms with Gasteiger partial charge < -0.3 is 15.3 Å². The summed E-state index contributed by atoms with van der Waals surface area (Å²) < 4.78 is 0. The predicted octanol–water partition coefficient (Wildman–Crippen LogP) is 1.08. The largest absolute Gasteiger partial charge is 0.480 e. The first kappa shape index (κ1) is 16.3. The molecule has 1 rings (SSSR count). The molecule has 20 heavy (non-hydrogen) atoms. The molecule has 110 valence electrons. The van der Waals surface area contributed by atoms with Gasteiger partial charge in [-0.3, -0.25) is 4.79 Å². The van der Waals surface area contributed by atoms with E-state index in [4.69, 9.17) is 5.11 Å². The van der Waals surface area contributed by atoms with Crippen LogP contribution in [0.2, 0.25) is 0 Å². The molecule has 0 fully saturated rings. The smallest absolute Gasteiger partial charge is 0.326 e. The molecule has 0 spiro atoms. The maximum Gasteiger partial charge on any atom is 0.326 e. The quantitative estimate of drug-likeness (QED) is 0.784. The van der Waals surface area contributed by atoms with Crippen LogP contribution in [0.1, 0.15) is 16.8 Å². The van der Waals surface area contributed by atoms with Gasteiger partial charge in [0.15, 0.2) is 0 Å². The van der Waals surface area contributed by atoms with Gasteiger partial charge in [-0.25, -0.2) is 9.78 Å². The van der Waals surface area contributed by atoms with Gasteiger partial charge in [-0.1, -0.05) is 0 Å². The van der Waals surface area contributed by atoms with Crippen LogP contribution in [-0.4, -0.2) is 54.1 Å². The number of carbonyl (C=O) groups excluding carboxylic acids is 1. The fourth-order valence-electron chi connectivity index (χ4n) is 1.54. The van der Waals surface area contributed by atoms with Crippen molar-refractivity contribution < 1.29 is 14.7 Å². The van der Waals surface area contributed by atoms with Crippen LogP contribution >= 0.6 is 11.8 Å². The molecule has 0 aliphatic heterocycles. The summed E-state index contributed by atoms with van der Waals surface area (Å²) in [5.41, 5.74) is 0.402. The number of thioether (sulfide) groups is 1. The normalized spacial score (nSPS) is 11.8. The van der Waals surface area contributed by atoms with Gasteiger partial charge in [0, 0.05) is 25.9 Å². The lowest BCUT2D eigenvalue weighted by atomic mass is 10.2. The van der Waals surface area contributed by atoms with Crippen molar-refractivity contribution in [1.29, 1.82) is 0 Å². The van der Waals surface area contributed by atoms with Crippen molar-refractivity contribution in [1.82, 2.24) is 10.3 Å². The van der Waals surface area contributed by atoms with E-state index in [1.165, 1.54) is 6.20 Å². The Morgan fingerprint density at radius 2 is 2.20 bits per heavy atom.